The predicted octanol–water partition coefficient (Wildman–Crippen LogP) is 2.84. The first-order valence-electron chi connectivity index (χ1n) is 9.14. The molecule has 1 fully saturated rings. The number of nitrogens with zero attached hydrogens (tertiary/aromatic N) is 2. The molecule has 1 aliphatic heterocycles. The molecule has 134 valence electrons. The Balaban J connectivity index is 1.43. The van der Waals surface area contributed by atoms with Crippen molar-refractivity contribution < 1.29 is 9.84 Å². The fourth-order valence-corrected chi connectivity index (χ4v) is 3.51. The van der Waals surface area contributed by atoms with Gasteiger partial charge in [-0.3, -0.25) is 9.88 Å². The summed E-state index contributed by atoms with van der Waals surface area (Å²) in [5.74, 6) is 0. The first-order valence-corrected chi connectivity index (χ1v) is 9.14. The largest absolute Gasteiger partial charge is 0.396 e. The lowest BCUT2D eigenvalue weighted by Gasteiger charge is -2.21. The van der Waals surface area contributed by atoms with Crippen molar-refractivity contribution >= 4 is 0 Å². The second-order valence-corrected chi connectivity index (χ2v) is 7.01. The van der Waals surface area contributed by atoms with Gasteiger partial charge in [0.2, 0.25) is 0 Å². The quantitative estimate of drug-likeness (QED) is 0.803. The van der Waals surface area contributed by atoms with Crippen molar-refractivity contribution in [2.24, 2.45) is 0 Å². The molecule has 0 saturated carbocycles. The maximum Gasteiger partial charge on any atom is 0.0706 e. The van der Waals surface area contributed by atoms with E-state index in [1.165, 1.54) is 16.7 Å². The van der Waals surface area contributed by atoms with Crippen molar-refractivity contribution in [1.29, 1.82) is 0 Å². The number of aromatic nitrogens is 1. The summed E-state index contributed by atoms with van der Waals surface area (Å²) >= 11 is 0. The van der Waals surface area contributed by atoms with E-state index in [9.17, 15) is 0 Å². The maximum absolute atomic E-state index is 8.99. The van der Waals surface area contributed by atoms with Crippen LogP contribution in [-0.2, 0) is 24.1 Å². The highest BCUT2D eigenvalue weighted by atomic mass is 16.5. The second-order valence-electron chi connectivity index (χ2n) is 7.01. The van der Waals surface area contributed by atoms with E-state index >= 15 is 0 Å². The van der Waals surface area contributed by atoms with Crippen LogP contribution in [0, 0.1) is 0 Å². The zero-order valence-corrected chi connectivity index (χ0v) is 15.0. The van der Waals surface area contributed by atoms with Crippen molar-refractivity contribution in [2.75, 3.05) is 20.2 Å². The Morgan fingerprint density at radius 2 is 1.84 bits per heavy atom. The number of ether oxygens (including phenoxy) is 1. The Labute approximate surface area is 150 Å². The van der Waals surface area contributed by atoms with E-state index in [1.54, 1.807) is 0 Å². The Morgan fingerprint density at radius 1 is 1.08 bits per heavy atom. The molecule has 0 unspecified atom stereocenters. The van der Waals surface area contributed by atoms with Gasteiger partial charge in [0.05, 0.1) is 12.2 Å². The van der Waals surface area contributed by atoms with E-state index in [0.29, 0.717) is 12.2 Å². The molecular formula is C21H28N2O2. The number of rotatable bonds is 8. The number of likely N-dealkylation sites (N-methyl/N-ethyl adjacent to an activating group) is 1. The highest BCUT2D eigenvalue weighted by molar-refractivity contribution is 5.23. The van der Waals surface area contributed by atoms with E-state index in [0.717, 1.165) is 38.8 Å². The standard InChI is InChI=1S/C21H28N2O2/c1-23(15-19-3-2-11-22-14-19)16-21-9-8-20(25-21)13-18-6-4-17(5-7-18)10-12-24/h2-7,11,14,20-21,24H,8-10,12-13,15-16H2,1H3/t20-,21+/m0/s1. The highest BCUT2D eigenvalue weighted by Crippen LogP contribution is 2.24. The van der Waals surface area contributed by atoms with E-state index in [-0.39, 0.29) is 6.61 Å². The Morgan fingerprint density at radius 3 is 2.56 bits per heavy atom. The van der Waals surface area contributed by atoms with Crippen LogP contribution in [0.25, 0.3) is 0 Å². The number of benzene rings is 1. The number of hydrogen-bond donors (Lipinski definition) is 1. The van der Waals surface area contributed by atoms with Crippen LogP contribution in [-0.4, -0.2) is 47.4 Å². The average Bonchev–Trinajstić information content (AvgIpc) is 3.04. The molecule has 2 aromatic rings. The molecule has 0 bridgehead atoms. The first-order chi connectivity index (χ1) is 12.2. The molecule has 2 atom stereocenters. The van der Waals surface area contributed by atoms with Crippen molar-refractivity contribution in [1.82, 2.24) is 9.88 Å². The maximum atomic E-state index is 8.99. The Hall–Kier alpha value is -1.75. The van der Waals surface area contributed by atoms with Gasteiger partial charge >= 0.3 is 0 Å². The zero-order chi connectivity index (χ0) is 17.5. The van der Waals surface area contributed by atoms with Crippen LogP contribution in [0.3, 0.4) is 0 Å². The lowest BCUT2D eigenvalue weighted by Crippen LogP contribution is -2.29. The summed E-state index contributed by atoms with van der Waals surface area (Å²) < 4.78 is 6.25. The van der Waals surface area contributed by atoms with Gasteiger partial charge in [-0.25, -0.2) is 0 Å². The molecule has 0 spiro atoms. The molecule has 0 aliphatic carbocycles. The van der Waals surface area contributed by atoms with Gasteiger partial charge in [-0.1, -0.05) is 30.3 Å². The van der Waals surface area contributed by atoms with Gasteiger partial charge in [0.25, 0.3) is 0 Å². The molecule has 3 rings (SSSR count). The molecule has 4 nitrogen and oxygen atoms in total. The van der Waals surface area contributed by atoms with E-state index < -0.39 is 0 Å². The van der Waals surface area contributed by atoms with E-state index in [2.05, 4.69) is 47.3 Å². The van der Waals surface area contributed by atoms with Gasteiger partial charge in [-0.15, -0.1) is 0 Å². The second kappa shape index (κ2) is 9.09. The third kappa shape index (κ3) is 5.63. The average molecular weight is 340 g/mol. The van der Waals surface area contributed by atoms with Gasteiger partial charge < -0.3 is 9.84 Å². The number of hydrogen-bond acceptors (Lipinski definition) is 4. The third-order valence-corrected chi connectivity index (χ3v) is 4.77. The minimum Gasteiger partial charge on any atom is -0.396 e. The zero-order valence-electron chi connectivity index (χ0n) is 15.0. The van der Waals surface area contributed by atoms with Gasteiger partial charge in [0.15, 0.2) is 0 Å². The predicted molar refractivity (Wildman–Crippen MR) is 99.4 cm³/mol. The van der Waals surface area contributed by atoms with Crippen LogP contribution in [0.1, 0.15) is 29.5 Å². The minimum absolute atomic E-state index is 0.208. The van der Waals surface area contributed by atoms with E-state index in [4.69, 9.17) is 9.84 Å². The lowest BCUT2D eigenvalue weighted by atomic mass is 10.0. The summed E-state index contributed by atoms with van der Waals surface area (Å²) in [6, 6.07) is 12.6. The van der Waals surface area contributed by atoms with Gasteiger partial charge in [-0.05, 0) is 55.5 Å². The highest BCUT2D eigenvalue weighted by Gasteiger charge is 2.26. The molecular weight excluding hydrogens is 312 g/mol. The molecule has 1 aromatic carbocycles. The van der Waals surface area contributed by atoms with Gasteiger partial charge in [-0.2, -0.15) is 0 Å². The molecule has 1 N–H and O–H groups in total. The normalized spacial score (nSPS) is 20.3. The third-order valence-electron chi connectivity index (χ3n) is 4.77. The van der Waals surface area contributed by atoms with Gasteiger partial charge in [0, 0.05) is 32.1 Å². The van der Waals surface area contributed by atoms with Crippen LogP contribution in [0.4, 0.5) is 0 Å². The molecule has 2 heterocycles. The van der Waals surface area contributed by atoms with Crippen molar-refractivity contribution in [2.45, 2.75) is 44.4 Å². The summed E-state index contributed by atoms with van der Waals surface area (Å²) in [5, 5.41) is 8.99. The van der Waals surface area contributed by atoms with Gasteiger partial charge in [0.1, 0.15) is 0 Å². The lowest BCUT2D eigenvalue weighted by molar-refractivity contribution is 0.0267. The summed E-state index contributed by atoms with van der Waals surface area (Å²) in [6.45, 7) is 2.07. The van der Waals surface area contributed by atoms with Crippen LogP contribution < -0.4 is 0 Å². The van der Waals surface area contributed by atoms with Crippen LogP contribution in [0.5, 0.6) is 0 Å². The smallest absolute Gasteiger partial charge is 0.0706 e. The fraction of sp³-hybridized carbons (Fsp3) is 0.476. The van der Waals surface area contributed by atoms with Crippen LogP contribution in [0.2, 0.25) is 0 Å². The summed E-state index contributed by atoms with van der Waals surface area (Å²) in [7, 11) is 2.14. The molecule has 0 radical (unpaired) electrons. The SMILES string of the molecule is CN(Cc1cccnc1)C[C@H]1CC[C@@H](Cc2ccc(CCO)cc2)O1. The Kier molecular flexibility index (Phi) is 6.56. The number of aliphatic hydroxyl groups excluding tert-OH is 1. The summed E-state index contributed by atoms with van der Waals surface area (Å²) in [4.78, 5) is 6.49. The minimum atomic E-state index is 0.208. The molecule has 4 heteroatoms. The van der Waals surface area contributed by atoms with Crippen molar-refractivity contribution in [3.05, 3.63) is 65.5 Å². The number of pyridine rings is 1. The molecule has 0 amide bonds. The fourth-order valence-electron chi connectivity index (χ4n) is 3.51. The molecule has 25 heavy (non-hydrogen) atoms. The topological polar surface area (TPSA) is 45.6 Å². The van der Waals surface area contributed by atoms with E-state index in [1.807, 2.05) is 18.5 Å². The van der Waals surface area contributed by atoms with Crippen molar-refractivity contribution in [3.63, 3.8) is 0 Å². The molecule has 1 saturated heterocycles. The molecule has 1 aliphatic rings. The first kappa shape index (κ1) is 18.1. The Bertz CT molecular complexity index is 630. The summed E-state index contributed by atoms with van der Waals surface area (Å²) in [5.41, 5.74) is 3.74. The van der Waals surface area contributed by atoms with Crippen LogP contribution >= 0.6 is 0 Å². The molecule has 1 aromatic heterocycles. The monoisotopic (exact) mass is 340 g/mol. The van der Waals surface area contributed by atoms with Crippen molar-refractivity contribution in [3.8, 4) is 0 Å². The summed E-state index contributed by atoms with van der Waals surface area (Å²) in [6.07, 6.45) is 8.34. The van der Waals surface area contributed by atoms with Crippen LogP contribution in [0.15, 0.2) is 48.8 Å². The number of aliphatic hydroxyl groups is 1.